The fourth-order valence-corrected chi connectivity index (χ4v) is 6.46. The van der Waals surface area contributed by atoms with Crippen LogP contribution in [0.1, 0.15) is 52.5 Å². The number of hydrogen-bond donors (Lipinski definition) is 1. The predicted molar refractivity (Wildman–Crippen MR) is 167 cm³/mol. The number of hydrogen-bond acceptors (Lipinski definition) is 8. The third-order valence-corrected chi connectivity index (χ3v) is 8.81. The summed E-state index contributed by atoms with van der Waals surface area (Å²) in [6, 6.07) is 16.7. The number of aromatic nitrogens is 4. The van der Waals surface area contributed by atoms with Crippen LogP contribution in [0.5, 0.6) is 11.5 Å². The molecule has 244 valence electrons. The highest BCUT2D eigenvalue weighted by molar-refractivity contribution is 5.98. The van der Waals surface area contributed by atoms with Gasteiger partial charge in [0.25, 0.3) is 0 Å². The van der Waals surface area contributed by atoms with E-state index in [0.717, 1.165) is 11.3 Å². The number of ether oxygens (including phenoxy) is 2. The molecule has 2 aliphatic heterocycles. The number of anilines is 1. The number of carbonyl (C=O) groups is 1. The minimum Gasteiger partial charge on any atom is -0.457 e. The standard InChI is InChI=1S/C33H38F3N7O3/c1-31(2,3)46-30(44)41-19-15-32(16-20-41,33(34,35)36)42-17-13-23(14-18-42)43-29-26(28(37)38-21-39-29)27(40-43)22-9-11-25(12-10-22)45-24-7-5-4-6-8-24/h4-12,21,23H,13-20H2,1-3H3,(H2,37,38,39). The summed E-state index contributed by atoms with van der Waals surface area (Å²) in [5, 5.41) is 5.51. The number of benzene rings is 2. The number of fused-ring (bicyclic) bond motifs is 1. The first-order valence-electron chi connectivity index (χ1n) is 15.5. The largest absolute Gasteiger partial charge is 0.457 e. The zero-order chi connectivity index (χ0) is 32.7. The fraction of sp³-hybridized carbons (Fsp3) is 0.455. The maximum Gasteiger partial charge on any atom is 0.410 e. The second kappa shape index (κ2) is 12.1. The van der Waals surface area contributed by atoms with E-state index in [-0.39, 0.29) is 50.9 Å². The minimum absolute atomic E-state index is 0.0210. The summed E-state index contributed by atoms with van der Waals surface area (Å²) in [7, 11) is 0. The van der Waals surface area contributed by atoms with Crippen LogP contribution < -0.4 is 10.5 Å². The second-order valence-corrected chi connectivity index (χ2v) is 12.9. The summed E-state index contributed by atoms with van der Waals surface area (Å²) in [5.74, 6) is 1.65. The Morgan fingerprint density at radius 2 is 1.54 bits per heavy atom. The Morgan fingerprint density at radius 3 is 2.15 bits per heavy atom. The monoisotopic (exact) mass is 637 g/mol. The Hall–Kier alpha value is -4.39. The van der Waals surface area contributed by atoms with Crippen molar-refractivity contribution in [3.8, 4) is 22.8 Å². The van der Waals surface area contributed by atoms with E-state index in [0.29, 0.717) is 35.3 Å². The van der Waals surface area contributed by atoms with Crippen LogP contribution in [0.25, 0.3) is 22.3 Å². The molecule has 4 aromatic rings. The molecular weight excluding hydrogens is 599 g/mol. The van der Waals surface area contributed by atoms with Crippen molar-refractivity contribution in [3.05, 3.63) is 60.9 Å². The highest BCUT2D eigenvalue weighted by Gasteiger charge is 2.59. The molecule has 0 radical (unpaired) electrons. The molecule has 0 bridgehead atoms. The van der Waals surface area contributed by atoms with E-state index in [2.05, 4.69) is 9.97 Å². The molecule has 6 rings (SSSR count). The number of carbonyl (C=O) groups excluding carboxylic acids is 1. The van der Waals surface area contributed by atoms with Gasteiger partial charge >= 0.3 is 12.3 Å². The first kappa shape index (κ1) is 31.6. The lowest BCUT2D eigenvalue weighted by Crippen LogP contribution is -2.65. The van der Waals surface area contributed by atoms with Crippen molar-refractivity contribution >= 4 is 22.9 Å². The zero-order valence-corrected chi connectivity index (χ0v) is 26.1. The van der Waals surface area contributed by atoms with Crippen LogP contribution in [-0.4, -0.2) is 79.1 Å². The first-order chi connectivity index (χ1) is 21.8. The highest BCUT2D eigenvalue weighted by atomic mass is 19.4. The Labute approximate surface area is 265 Å². The molecule has 0 atom stereocenters. The molecule has 4 heterocycles. The Morgan fingerprint density at radius 1 is 0.913 bits per heavy atom. The van der Waals surface area contributed by atoms with Crippen LogP contribution in [0, 0.1) is 0 Å². The average Bonchev–Trinajstić information content (AvgIpc) is 3.42. The number of piperidine rings is 2. The molecule has 2 aromatic carbocycles. The van der Waals surface area contributed by atoms with Gasteiger partial charge in [-0.25, -0.2) is 19.4 Å². The number of nitrogens with two attached hydrogens (primary N) is 1. The zero-order valence-electron chi connectivity index (χ0n) is 26.1. The summed E-state index contributed by atoms with van der Waals surface area (Å²) >= 11 is 0. The van der Waals surface area contributed by atoms with Crippen LogP contribution in [0.4, 0.5) is 23.8 Å². The van der Waals surface area contributed by atoms with Gasteiger partial charge in [0.1, 0.15) is 40.5 Å². The predicted octanol–water partition coefficient (Wildman–Crippen LogP) is 6.84. The Kier molecular flexibility index (Phi) is 8.30. The van der Waals surface area contributed by atoms with E-state index in [4.69, 9.17) is 20.3 Å². The van der Waals surface area contributed by atoms with Crippen molar-refractivity contribution in [1.29, 1.82) is 0 Å². The molecule has 2 N–H and O–H groups in total. The van der Waals surface area contributed by atoms with Crippen molar-refractivity contribution < 1.29 is 27.4 Å². The fourth-order valence-electron chi connectivity index (χ4n) is 6.46. The third-order valence-electron chi connectivity index (χ3n) is 8.81. The molecule has 2 saturated heterocycles. The molecule has 0 aliphatic carbocycles. The molecule has 46 heavy (non-hydrogen) atoms. The maximum absolute atomic E-state index is 14.8. The van der Waals surface area contributed by atoms with Gasteiger partial charge in [-0.3, -0.25) is 4.90 Å². The maximum atomic E-state index is 14.8. The van der Waals surface area contributed by atoms with Crippen LogP contribution in [-0.2, 0) is 4.74 Å². The molecule has 10 nitrogen and oxygen atoms in total. The SMILES string of the molecule is CC(C)(C)OC(=O)N1CCC(N2CCC(n3nc(-c4ccc(Oc5ccccc5)cc4)c4c(N)ncnc43)CC2)(C(F)(F)F)CC1. The van der Waals surface area contributed by atoms with Crippen LogP contribution in [0.15, 0.2) is 60.9 Å². The van der Waals surface area contributed by atoms with Gasteiger partial charge in [0.2, 0.25) is 0 Å². The third kappa shape index (κ3) is 6.20. The molecule has 0 unspecified atom stereocenters. The van der Waals surface area contributed by atoms with Crippen molar-refractivity contribution in [2.45, 2.75) is 69.8 Å². The van der Waals surface area contributed by atoms with Crippen molar-refractivity contribution in [3.63, 3.8) is 0 Å². The average molecular weight is 638 g/mol. The van der Waals surface area contributed by atoms with E-state index < -0.39 is 23.4 Å². The smallest absolute Gasteiger partial charge is 0.410 e. The lowest BCUT2D eigenvalue weighted by Gasteiger charge is -2.51. The van der Waals surface area contributed by atoms with E-state index in [1.807, 2.05) is 54.6 Å². The van der Waals surface area contributed by atoms with Gasteiger partial charge < -0.3 is 20.1 Å². The van der Waals surface area contributed by atoms with Gasteiger partial charge in [-0.2, -0.15) is 18.3 Å². The van der Waals surface area contributed by atoms with E-state index in [9.17, 15) is 18.0 Å². The Balaban J connectivity index is 1.20. The minimum atomic E-state index is -4.45. The number of nitrogens with zero attached hydrogens (tertiary/aromatic N) is 6. The molecular formula is C33H38F3N7O3. The van der Waals surface area contributed by atoms with Gasteiger partial charge in [-0.1, -0.05) is 18.2 Å². The van der Waals surface area contributed by atoms with Crippen molar-refractivity contribution in [2.24, 2.45) is 0 Å². The molecule has 13 heteroatoms. The summed E-state index contributed by atoms with van der Waals surface area (Å²) in [4.78, 5) is 24.2. The lowest BCUT2D eigenvalue weighted by atomic mass is 9.83. The van der Waals surface area contributed by atoms with Gasteiger partial charge in [0, 0.05) is 31.7 Å². The molecule has 1 amide bonds. The topological polar surface area (TPSA) is 112 Å². The molecule has 2 aliphatic rings. The Bertz CT molecular complexity index is 1670. The van der Waals surface area contributed by atoms with Gasteiger partial charge in [-0.05, 0) is 82.9 Å². The number of halogens is 3. The normalized spacial score (nSPS) is 18.1. The second-order valence-electron chi connectivity index (χ2n) is 12.9. The quantitative estimate of drug-likeness (QED) is 0.253. The van der Waals surface area contributed by atoms with Crippen molar-refractivity contribution in [2.75, 3.05) is 31.9 Å². The van der Waals surface area contributed by atoms with Gasteiger partial charge in [-0.15, -0.1) is 0 Å². The van der Waals surface area contributed by atoms with E-state index in [1.54, 1.807) is 30.4 Å². The number of nitrogen functional groups attached to an aromatic ring is 1. The van der Waals surface area contributed by atoms with Crippen LogP contribution >= 0.6 is 0 Å². The molecule has 2 fully saturated rings. The van der Waals surface area contributed by atoms with Crippen LogP contribution in [0.2, 0.25) is 0 Å². The van der Waals surface area contributed by atoms with Crippen molar-refractivity contribution in [1.82, 2.24) is 29.5 Å². The summed E-state index contributed by atoms with van der Waals surface area (Å²) in [6.45, 7) is 5.62. The number of likely N-dealkylation sites (tertiary alicyclic amines) is 2. The van der Waals surface area contributed by atoms with Crippen LogP contribution in [0.3, 0.4) is 0 Å². The van der Waals surface area contributed by atoms with E-state index in [1.165, 1.54) is 11.2 Å². The van der Waals surface area contributed by atoms with Gasteiger partial charge in [0.05, 0.1) is 11.4 Å². The lowest BCUT2D eigenvalue weighted by molar-refractivity contribution is -0.248. The summed E-state index contributed by atoms with van der Waals surface area (Å²) in [5.41, 5.74) is 5.52. The number of alkyl halides is 3. The highest BCUT2D eigenvalue weighted by Crippen LogP contribution is 2.46. The molecule has 0 saturated carbocycles. The summed E-state index contributed by atoms with van der Waals surface area (Å²) < 4.78 is 57.4. The molecule has 2 aromatic heterocycles. The first-order valence-corrected chi connectivity index (χ1v) is 15.5. The number of rotatable bonds is 5. The number of para-hydroxylation sites is 1. The van der Waals surface area contributed by atoms with Gasteiger partial charge in [0.15, 0.2) is 5.65 Å². The van der Waals surface area contributed by atoms with E-state index >= 15 is 0 Å². The summed E-state index contributed by atoms with van der Waals surface area (Å²) in [6.07, 6.45) is -3.18. The number of amides is 1. The molecule has 0 spiro atoms.